The van der Waals surface area contributed by atoms with Crippen LogP contribution in [0.5, 0.6) is 0 Å². The molecule has 1 rings (SSSR count). The van der Waals surface area contributed by atoms with Gasteiger partial charge in [0.05, 0.1) is 21.8 Å². The summed E-state index contributed by atoms with van der Waals surface area (Å²) < 4.78 is 0. The van der Waals surface area contributed by atoms with Gasteiger partial charge in [-0.3, -0.25) is 0 Å². The predicted octanol–water partition coefficient (Wildman–Crippen LogP) is 2.26. The van der Waals surface area contributed by atoms with Crippen LogP contribution in [-0.2, 0) is 4.79 Å². The zero-order chi connectivity index (χ0) is 15.4. The van der Waals surface area contributed by atoms with E-state index in [4.69, 9.17) is 28.3 Å². The molecular formula is C12H14Cl2N2O4. The second kappa shape index (κ2) is 6.78. The third kappa shape index (κ3) is 4.00. The number of nitrogens with one attached hydrogen (secondary N) is 2. The van der Waals surface area contributed by atoms with E-state index in [1.807, 2.05) is 0 Å². The molecule has 2 unspecified atom stereocenters. The van der Waals surface area contributed by atoms with E-state index in [1.54, 1.807) is 19.1 Å². The zero-order valence-corrected chi connectivity index (χ0v) is 12.3. The number of hydrogen-bond acceptors (Lipinski definition) is 3. The number of hydrogen-bond donors (Lipinski definition) is 4. The number of aryl methyl sites for hydroxylation is 1. The van der Waals surface area contributed by atoms with Crippen molar-refractivity contribution in [1.29, 1.82) is 0 Å². The molecule has 0 aromatic heterocycles. The number of benzene rings is 1. The minimum atomic E-state index is -1.43. The number of anilines is 1. The van der Waals surface area contributed by atoms with Gasteiger partial charge in [-0.15, -0.1) is 0 Å². The number of rotatable bonds is 4. The van der Waals surface area contributed by atoms with Crippen molar-refractivity contribution < 1.29 is 19.8 Å². The third-order valence-corrected chi connectivity index (χ3v) is 3.36. The summed E-state index contributed by atoms with van der Waals surface area (Å²) in [6.45, 7) is 2.99. The third-order valence-electron chi connectivity index (χ3n) is 2.56. The van der Waals surface area contributed by atoms with E-state index in [1.165, 1.54) is 6.92 Å². The maximum Gasteiger partial charge on any atom is 0.328 e. The topological polar surface area (TPSA) is 98.7 Å². The van der Waals surface area contributed by atoms with Gasteiger partial charge in [0, 0.05) is 0 Å². The monoisotopic (exact) mass is 320 g/mol. The van der Waals surface area contributed by atoms with Crippen molar-refractivity contribution >= 4 is 40.9 Å². The number of carboxylic acids is 1. The van der Waals surface area contributed by atoms with E-state index in [2.05, 4.69) is 10.6 Å². The number of aliphatic hydroxyl groups is 1. The number of carboxylic acid groups (broad SMARTS) is 1. The SMILES string of the molecule is Cc1ccc(Cl)c(NC(=O)NC(C(=O)O)C(C)O)c1Cl. The van der Waals surface area contributed by atoms with Gasteiger partial charge in [-0.25, -0.2) is 9.59 Å². The number of urea groups is 1. The Hall–Kier alpha value is -1.50. The molecule has 6 nitrogen and oxygen atoms in total. The Morgan fingerprint density at radius 3 is 2.40 bits per heavy atom. The highest BCUT2D eigenvalue weighted by molar-refractivity contribution is 6.40. The first-order valence-corrected chi connectivity index (χ1v) is 6.42. The van der Waals surface area contributed by atoms with Gasteiger partial charge >= 0.3 is 12.0 Å². The maximum atomic E-state index is 11.7. The predicted molar refractivity (Wildman–Crippen MR) is 76.5 cm³/mol. The maximum absolute atomic E-state index is 11.7. The Bertz CT molecular complexity index is 534. The molecule has 0 aliphatic rings. The second-order valence-corrected chi connectivity index (χ2v) is 4.99. The molecule has 0 saturated carbocycles. The molecular weight excluding hydrogens is 307 g/mol. The molecule has 0 radical (unpaired) electrons. The number of halogens is 2. The highest BCUT2D eigenvalue weighted by atomic mass is 35.5. The number of aliphatic carboxylic acids is 1. The van der Waals surface area contributed by atoms with E-state index in [0.717, 1.165) is 0 Å². The van der Waals surface area contributed by atoms with Crippen LogP contribution in [0.3, 0.4) is 0 Å². The molecule has 2 atom stereocenters. The Labute approximate surface area is 125 Å². The molecule has 0 spiro atoms. The number of amides is 2. The second-order valence-electron chi connectivity index (χ2n) is 4.21. The summed E-state index contributed by atoms with van der Waals surface area (Å²) in [5.41, 5.74) is 0.886. The van der Waals surface area contributed by atoms with Crippen molar-refractivity contribution in [1.82, 2.24) is 5.32 Å². The van der Waals surface area contributed by atoms with Crippen molar-refractivity contribution in [2.45, 2.75) is 26.0 Å². The summed E-state index contributed by atoms with van der Waals surface area (Å²) in [6, 6.07) is 0.982. The van der Waals surface area contributed by atoms with Crippen molar-refractivity contribution in [2.75, 3.05) is 5.32 Å². The van der Waals surface area contributed by atoms with Crippen molar-refractivity contribution in [3.05, 3.63) is 27.7 Å². The zero-order valence-electron chi connectivity index (χ0n) is 10.8. The average molecular weight is 321 g/mol. The van der Waals surface area contributed by atoms with E-state index in [0.29, 0.717) is 5.56 Å². The Kier molecular flexibility index (Phi) is 5.62. The molecule has 1 aromatic carbocycles. The summed E-state index contributed by atoms with van der Waals surface area (Å²) in [6.07, 6.45) is -1.25. The largest absolute Gasteiger partial charge is 0.480 e. The van der Waals surface area contributed by atoms with Crippen LogP contribution in [-0.4, -0.2) is 34.4 Å². The average Bonchev–Trinajstić information content (AvgIpc) is 2.35. The number of carbonyl (C=O) groups is 2. The van der Waals surface area contributed by atoms with Gasteiger partial charge in [-0.1, -0.05) is 29.3 Å². The lowest BCUT2D eigenvalue weighted by molar-refractivity contribution is -0.141. The van der Waals surface area contributed by atoms with Gasteiger partial charge in [0.1, 0.15) is 0 Å². The summed E-state index contributed by atoms with van der Waals surface area (Å²) >= 11 is 11.9. The molecule has 20 heavy (non-hydrogen) atoms. The normalized spacial score (nSPS) is 13.4. The van der Waals surface area contributed by atoms with Crippen LogP contribution in [0.2, 0.25) is 10.0 Å². The molecule has 0 aliphatic heterocycles. The lowest BCUT2D eigenvalue weighted by atomic mass is 10.2. The van der Waals surface area contributed by atoms with Gasteiger partial charge in [0.15, 0.2) is 6.04 Å². The van der Waals surface area contributed by atoms with Crippen LogP contribution in [0, 0.1) is 6.92 Å². The van der Waals surface area contributed by atoms with Crippen molar-refractivity contribution in [3.63, 3.8) is 0 Å². The van der Waals surface area contributed by atoms with Gasteiger partial charge in [-0.05, 0) is 25.5 Å². The standard InChI is InChI=1S/C12H14Cl2N2O4/c1-5-3-4-7(13)10(8(5)14)16-12(20)15-9(6(2)17)11(18)19/h3-4,6,9,17H,1-2H3,(H,18,19)(H2,15,16,20). The van der Waals surface area contributed by atoms with Crippen LogP contribution >= 0.6 is 23.2 Å². The van der Waals surface area contributed by atoms with Crippen LogP contribution in [0.25, 0.3) is 0 Å². The van der Waals surface area contributed by atoms with E-state index in [9.17, 15) is 14.7 Å². The van der Waals surface area contributed by atoms with E-state index in [-0.39, 0.29) is 15.7 Å². The molecule has 1 aromatic rings. The first kappa shape index (κ1) is 16.6. The molecule has 110 valence electrons. The lowest BCUT2D eigenvalue weighted by Gasteiger charge is -2.18. The number of aliphatic hydroxyl groups excluding tert-OH is 1. The number of carbonyl (C=O) groups excluding carboxylic acids is 1. The Balaban J connectivity index is 2.87. The first-order chi connectivity index (χ1) is 9.23. The molecule has 0 aliphatic carbocycles. The molecule has 4 N–H and O–H groups in total. The van der Waals surface area contributed by atoms with Gasteiger partial charge in [0.25, 0.3) is 0 Å². The molecule has 0 saturated heterocycles. The highest BCUT2D eigenvalue weighted by Crippen LogP contribution is 2.32. The first-order valence-electron chi connectivity index (χ1n) is 5.67. The lowest BCUT2D eigenvalue weighted by Crippen LogP contribution is -2.49. The van der Waals surface area contributed by atoms with Crippen LogP contribution < -0.4 is 10.6 Å². The van der Waals surface area contributed by atoms with Gasteiger partial charge in [-0.2, -0.15) is 0 Å². The summed E-state index contributed by atoms with van der Waals surface area (Å²) in [5.74, 6) is -1.35. The minimum absolute atomic E-state index is 0.181. The molecule has 0 fully saturated rings. The summed E-state index contributed by atoms with van der Waals surface area (Å²) in [5, 5.41) is 23.1. The minimum Gasteiger partial charge on any atom is -0.480 e. The smallest absolute Gasteiger partial charge is 0.328 e. The van der Waals surface area contributed by atoms with Crippen LogP contribution in [0.4, 0.5) is 10.5 Å². The summed E-state index contributed by atoms with van der Waals surface area (Å²) in [7, 11) is 0. The highest BCUT2D eigenvalue weighted by Gasteiger charge is 2.25. The fourth-order valence-electron chi connectivity index (χ4n) is 1.45. The van der Waals surface area contributed by atoms with Crippen molar-refractivity contribution in [3.8, 4) is 0 Å². The Morgan fingerprint density at radius 2 is 1.90 bits per heavy atom. The van der Waals surface area contributed by atoms with Gasteiger partial charge < -0.3 is 20.8 Å². The molecule has 8 heteroatoms. The van der Waals surface area contributed by atoms with Gasteiger partial charge in [0.2, 0.25) is 0 Å². The fourth-order valence-corrected chi connectivity index (χ4v) is 1.92. The fraction of sp³-hybridized carbons (Fsp3) is 0.333. The van der Waals surface area contributed by atoms with Crippen LogP contribution in [0.1, 0.15) is 12.5 Å². The molecule has 2 amide bonds. The van der Waals surface area contributed by atoms with E-state index >= 15 is 0 Å². The van der Waals surface area contributed by atoms with E-state index < -0.39 is 24.1 Å². The summed E-state index contributed by atoms with van der Waals surface area (Å²) in [4.78, 5) is 22.6. The quantitative estimate of drug-likeness (QED) is 0.683. The van der Waals surface area contributed by atoms with Crippen LogP contribution in [0.15, 0.2) is 12.1 Å². The van der Waals surface area contributed by atoms with Crippen molar-refractivity contribution in [2.24, 2.45) is 0 Å². The Morgan fingerprint density at radius 1 is 1.30 bits per heavy atom. The molecule has 0 bridgehead atoms. The molecule has 0 heterocycles.